The highest BCUT2D eigenvalue weighted by molar-refractivity contribution is 6.03. The Balaban J connectivity index is 2.65. The van der Waals surface area contributed by atoms with Crippen molar-refractivity contribution in [2.45, 2.75) is 6.61 Å². The maximum Gasteiger partial charge on any atom is 0.338 e. The summed E-state index contributed by atoms with van der Waals surface area (Å²) in [5.41, 5.74) is 2.25. The predicted molar refractivity (Wildman–Crippen MR) is 63.8 cm³/mol. The van der Waals surface area contributed by atoms with E-state index in [1.807, 2.05) is 18.2 Å². The quantitative estimate of drug-likeness (QED) is 0.759. The summed E-state index contributed by atoms with van der Waals surface area (Å²) in [5.74, 6) is -0.355. The zero-order valence-corrected chi connectivity index (χ0v) is 9.77. The molecular weight excluding hydrogens is 218 g/mol. The molecule has 0 unspecified atom stereocenters. The number of hydrogen-bond donors (Lipinski definition) is 0. The van der Waals surface area contributed by atoms with Gasteiger partial charge in [-0.3, -0.25) is 4.98 Å². The van der Waals surface area contributed by atoms with Crippen LogP contribution in [0.4, 0.5) is 0 Å². The van der Waals surface area contributed by atoms with E-state index in [2.05, 4.69) is 4.98 Å². The van der Waals surface area contributed by atoms with E-state index < -0.39 is 0 Å². The lowest BCUT2D eigenvalue weighted by atomic mass is 10.1. The van der Waals surface area contributed by atoms with Gasteiger partial charge in [-0.1, -0.05) is 18.2 Å². The van der Waals surface area contributed by atoms with E-state index in [0.717, 1.165) is 16.5 Å². The predicted octanol–water partition coefficient (Wildman–Crippen LogP) is 2.17. The first-order valence-corrected chi connectivity index (χ1v) is 5.21. The Bertz CT molecular complexity index is 551. The Labute approximate surface area is 99.2 Å². The van der Waals surface area contributed by atoms with Gasteiger partial charge in [0.15, 0.2) is 0 Å². The highest BCUT2D eigenvalue weighted by Crippen LogP contribution is 2.21. The van der Waals surface area contributed by atoms with E-state index in [1.54, 1.807) is 19.4 Å². The summed E-state index contributed by atoms with van der Waals surface area (Å²) in [6, 6.07) is 7.32. The minimum absolute atomic E-state index is 0.355. The minimum Gasteiger partial charge on any atom is -0.465 e. The number of carbonyl (C=O) groups is 1. The van der Waals surface area contributed by atoms with Gasteiger partial charge >= 0.3 is 5.97 Å². The van der Waals surface area contributed by atoms with Crippen molar-refractivity contribution in [3.05, 3.63) is 41.6 Å². The summed E-state index contributed by atoms with van der Waals surface area (Å²) in [7, 11) is 3.00. The molecule has 17 heavy (non-hydrogen) atoms. The molecule has 0 spiro atoms. The normalized spacial score (nSPS) is 10.5. The monoisotopic (exact) mass is 231 g/mol. The lowest BCUT2D eigenvalue weighted by Gasteiger charge is -2.07. The maximum atomic E-state index is 11.6. The average molecular weight is 231 g/mol. The van der Waals surface area contributed by atoms with Crippen LogP contribution in [0.15, 0.2) is 30.5 Å². The second kappa shape index (κ2) is 4.93. The summed E-state index contributed by atoms with van der Waals surface area (Å²) in [6.07, 6.45) is 1.60. The van der Waals surface area contributed by atoms with Crippen LogP contribution in [0.3, 0.4) is 0 Å². The van der Waals surface area contributed by atoms with Gasteiger partial charge in [-0.05, 0) is 6.07 Å². The minimum atomic E-state index is -0.355. The van der Waals surface area contributed by atoms with E-state index in [1.165, 1.54) is 7.11 Å². The van der Waals surface area contributed by atoms with Crippen LogP contribution >= 0.6 is 0 Å². The third-order valence-corrected chi connectivity index (χ3v) is 2.56. The molecule has 2 rings (SSSR count). The zero-order valence-electron chi connectivity index (χ0n) is 9.77. The Morgan fingerprint density at radius 2 is 2.12 bits per heavy atom. The van der Waals surface area contributed by atoms with Gasteiger partial charge in [0, 0.05) is 24.3 Å². The van der Waals surface area contributed by atoms with Crippen LogP contribution in [-0.2, 0) is 16.1 Å². The number of ether oxygens (including phenoxy) is 2. The molecule has 0 aliphatic rings. The second-order valence-electron chi connectivity index (χ2n) is 3.60. The first-order chi connectivity index (χ1) is 8.27. The maximum absolute atomic E-state index is 11.6. The van der Waals surface area contributed by atoms with Crippen molar-refractivity contribution in [3.63, 3.8) is 0 Å². The van der Waals surface area contributed by atoms with Crippen LogP contribution < -0.4 is 0 Å². The second-order valence-corrected chi connectivity index (χ2v) is 3.60. The highest BCUT2D eigenvalue weighted by Gasteiger charge is 2.12. The molecule has 0 radical (unpaired) electrons. The molecule has 1 aromatic heterocycles. The fraction of sp³-hybridized carbons (Fsp3) is 0.231. The third kappa shape index (κ3) is 2.12. The molecule has 1 heterocycles. The number of hydrogen-bond acceptors (Lipinski definition) is 4. The number of benzene rings is 1. The first-order valence-electron chi connectivity index (χ1n) is 5.21. The van der Waals surface area contributed by atoms with Gasteiger partial charge in [0.25, 0.3) is 0 Å². The lowest BCUT2D eigenvalue weighted by molar-refractivity contribution is 0.0603. The van der Waals surface area contributed by atoms with E-state index in [-0.39, 0.29) is 5.97 Å². The Morgan fingerprint density at radius 3 is 2.82 bits per heavy atom. The van der Waals surface area contributed by atoms with Gasteiger partial charge in [0.05, 0.1) is 24.8 Å². The number of methoxy groups -OCH3 is 2. The lowest BCUT2D eigenvalue weighted by Crippen LogP contribution is -2.03. The van der Waals surface area contributed by atoms with E-state index in [0.29, 0.717) is 12.2 Å². The molecule has 0 saturated heterocycles. The van der Waals surface area contributed by atoms with Crippen molar-refractivity contribution in [2.75, 3.05) is 14.2 Å². The topological polar surface area (TPSA) is 48.4 Å². The molecule has 0 bridgehead atoms. The number of para-hydroxylation sites is 1. The van der Waals surface area contributed by atoms with Gasteiger partial charge in [0.2, 0.25) is 0 Å². The number of esters is 1. The third-order valence-electron chi connectivity index (χ3n) is 2.56. The number of rotatable bonds is 3. The fourth-order valence-electron chi connectivity index (χ4n) is 1.80. The summed E-state index contributed by atoms with van der Waals surface area (Å²) in [4.78, 5) is 15.9. The molecule has 0 aliphatic heterocycles. The molecule has 4 nitrogen and oxygen atoms in total. The molecule has 0 aliphatic carbocycles. The number of fused-ring (bicyclic) bond motifs is 1. The molecule has 4 heteroatoms. The van der Waals surface area contributed by atoms with Crippen LogP contribution in [-0.4, -0.2) is 25.2 Å². The highest BCUT2D eigenvalue weighted by atomic mass is 16.5. The van der Waals surface area contributed by atoms with Gasteiger partial charge in [-0.15, -0.1) is 0 Å². The SMILES string of the molecule is COCc1cccc2c(C(=O)OC)ccnc12. The van der Waals surface area contributed by atoms with E-state index >= 15 is 0 Å². The number of aromatic nitrogens is 1. The van der Waals surface area contributed by atoms with Crippen LogP contribution in [0.5, 0.6) is 0 Å². The molecule has 88 valence electrons. The number of pyridine rings is 1. The van der Waals surface area contributed by atoms with Crippen LogP contribution in [0, 0.1) is 0 Å². The molecule has 0 fully saturated rings. The first kappa shape index (κ1) is 11.5. The molecule has 0 N–H and O–H groups in total. The Morgan fingerprint density at radius 1 is 1.29 bits per heavy atom. The van der Waals surface area contributed by atoms with Gasteiger partial charge < -0.3 is 9.47 Å². The van der Waals surface area contributed by atoms with Crippen molar-refractivity contribution in [2.24, 2.45) is 0 Å². The summed E-state index contributed by atoms with van der Waals surface area (Å²) < 4.78 is 9.85. The van der Waals surface area contributed by atoms with Crippen molar-refractivity contribution in [1.82, 2.24) is 4.98 Å². The van der Waals surface area contributed by atoms with Crippen LogP contribution in [0.2, 0.25) is 0 Å². The molecule has 0 amide bonds. The summed E-state index contributed by atoms with van der Waals surface area (Å²) in [5, 5.41) is 0.786. The van der Waals surface area contributed by atoms with Crippen molar-refractivity contribution in [1.29, 1.82) is 0 Å². The summed E-state index contributed by atoms with van der Waals surface area (Å²) >= 11 is 0. The van der Waals surface area contributed by atoms with Crippen LogP contribution in [0.1, 0.15) is 15.9 Å². The fourth-order valence-corrected chi connectivity index (χ4v) is 1.80. The molecule has 0 saturated carbocycles. The van der Waals surface area contributed by atoms with Gasteiger partial charge in [-0.2, -0.15) is 0 Å². The average Bonchev–Trinajstić information content (AvgIpc) is 2.38. The van der Waals surface area contributed by atoms with Crippen molar-refractivity contribution >= 4 is 16.9 Å². The van der Waals surface area contributed by atoms with Gasteiger partial charge in [-0.25, -0.2) is 4.79 Å². The Hall–Kier alpha value is -1.94. The van der Waals surface area contributed by atoms with Crippen molar-refractivity contribution < 1.29 is 14.3 Å². The van der Waals surface area contributed by atoms with E-state index in [9.17, 15) is 4.79 Å². The summed E-state index contributed by atoms with van der Waals surface area (Å²) in [6.45, 7) is 0.467. The number of nitrogens with zero attached hydrogens (tertiary/aromatic N) is 1. The smallest absolute Gasteiger partial charge is 0.338 e. The van der Waals surface area contributed by atoms with Crippen LogP contribution in [0.25, 0.3) is 10.9 Å². The Kier molecular flexibility index (Phi) is 3.35. The molecule has 2 aromatic rings. The van der Waals surface area contributed by atoms with Crippen molar-refractivity contribution in [3.8, 4) is 0 Å². The molecule has 1 aromatic carbocycles. The standard InChI is InChI=1S/C13H13NO3/c1-16-8-9-4-3-5-10-11(13(15)17-2)6-7-14-12(9)10/h3-7H,8H2,1-2H3. The molecular formula is C13H13NO3. The largest absolute Gasteiger partial charge is 0.465 e. The molecule has 0 atom stereocenters. The van der Waals surface area contributed by atoms with Gasteiger partial charge in [0.1, 0.15) is 0 Å². The zero-order chi connectivity index (χ0) is 12.3. The number of carbonyl (C=O) groups excluding carboxylic acids is 1. The van der Waals surface area contributed by atoms with E-state index in [4.69, 9.17) is 9.47 Å².